The highest BCUT2D eigenvalue weighted by Gasteiger charge is 2.21. The molecule has 1 atom stereocenters. The van der Waals surface area contributed by atoms with E-state index in [0.717, 1.165) is 29.5 Å². The van der Waals surface area contributed by atoms with Gasteiger partial charge in [-0.3, -0.25) is 9.69 Å². The molecule has 0 heterocycles. The van der Waals surface area contributed by atoms with E-state index in [-0.39, 0.29) is 18.2 Å². The zero-order chi connectivity index (χ0) is 29.6. The third-order valence-corrected chi connectivity index (χ3v) is 7.34. The van der Waals surface area contributed by atoms with Gasteiger partial charge in [-0.15, -0.1) is 0 Å². The minimum atomic E-state index is -0.955. The van der Waals surface area contributed by atoms with Crippen LogP contribution >= 0.6 is 0 Å². The summed E-state index contributed by atoms with van der Waals surface area (Å²) in [5.74, 6) is -1.75. The van der Waals surface area contributed by atoms with Crippen molar-refractivity contribution in [3.05, 3.63) is 143 Å². The van der Waals surface area contributed by atoms with E-state index in [9.17, 15) is 14.7 Å². The zero-order valence-corrected chi connectivity index (χ0v) is 23.9. The summed E-state index contributed by atoms with van der Waals surface area (Å²) in [7, 11) is 0. The summed E-state index contributed by atoms with van der Waals surface area (Å²) in [6.45, 7) is 1.66. The molecule has 0 aliphatic carbocycles. The van der Waals surface area contributed by atoms with Crippen LogP contribution in [0.4, 0.5) is 0 Å². The third kappa shape index (κ3) is 10.3. The van der Waals surface area contributed by atoms with Crippen molar-refractivity contribution in [2.75, 3.05) is 6.54 Å². The van der Waals surface area contributed by atoms with Crippen LogP contribution in [0.15, 0.2) is 109 Å². The molecule has 0 fully saturated rings. The molecule has 4 aromatic carbocycles. The van der Waals surface area contributed by atoms with Crippen molar-refractivity contribution < 1.29 is 24.5 Å². The number of aliphatic carboxylic acids is 1. The second-order valence-electron chi connectivity index (χ2n) is 10.6. The number of benzene rings is 4. The van der Waals surface area contributed by atoms with Crippen LogP contribution in [0.25, 0.3) is 0 Å². The number of carboxylic acid groups (broad SMARTS) is 2. The van der Waals surface area contributed by atoms with Crippen LogP contribution in [-0.4, -0.2) is 39.8 Å². The summed E-state index contributed by atoms with van der Waals surface area (Å²) in [5.41, 5.74) is 6.07. The molecule has 6 heteroatoms. The molecule has 0 aromatic heterocycles. The minimum absolute atomic E-state index is 0.127. The van der Waals surface area contributed by atoms with E-state index in [4.69, 9.17) is 9.84 Å². The Hall–Kier alpha value is -4.26. The summed E-state index contributed by atoms with van der Waals surface area (Å²) in [6.07, 6.45) is 3.81. The van der Waals surface area contributed by atoms with Crippen molar-refractivity contribution in [2.24, 2.45) is 0 Å². The third-order valence-electron chi connectivity index (χ3n) is 7.34. The summed E-state index contributed by atoms with van der Waals surface area (Å²) in [5, 5.41) is 18.4. The van der Waals surface area contributed by atoms with E-state index < -0.39 is 11.9 Å². The smallest absolute Gasteiger partial charge is 0.335 e. The first kappa shape index (κ1) is 30.7. The van der Waals surface area contributed by atoms with Crippen molar-refractivity contribution in [3.8, 4) is 0 Å². The molecule has 0 aliphatic rings. The second kappa shape index (κ2) is 16.2. The Labute approximate surface area is 248 Å². The Morgan fingerprint density at radius 1 is 0.643 bits per heavy atom. The van der Waals surface area contributed by atoms with Crippen LogP contribution < -0.4 is 0 Å². The molecule has 0 bridgehead atoms. The molecule has 6 nitrogen and oxygen atoms in total. The van der Waals surface area contributed by atoms with Crippen LogP contribution in [0.2, 0.25) is 0 Å². The largest absolute Gasteiger partial charge is 0.481 e. The second-order valence-corrected chi connectivity index (χ2v) is 10.6. The van der Waals surface area contributed by atoms with E-state index in [1.807, 2.05) is 36.4 Å². The molecule has 4 rings (SSSR count). The first-order valence-corrected chi connectivity index (χ1v) is 14.5. The molecule has 0 radical (unpaired) electrons. The summed E-state index contributed by atoms with van der Waals surface area (Å²) in [6, 6.07) is 36.2. The number of hydrogen-bond donors (Lipinski definition) is 2. The summed E-state index contributed by atoms with van der Waals surface area (Å²) in [4.78, 5) is 24.7. The van der Waals surface area contributed by atoms with Crippen molar-refractivity contribution in [1.82, 2.24) is 4.90 Å². The van der Waals surface area contributed by atoms with Crippen molar-refractivity contribution in [3.63, 3.8) is 0 Å². The van der Waals surface area contributed by atoms with Gasteiger partial charge in [0.2, 0.25) is 0 Å². The lowest BCUT2D eigenvalue weighted by molar-refractivity contribution is -0.137. The lowest BCUT2D eigenvalue weighted by atomic mass is 10.0. The van der Waals surface area contributed by atoms with Crippen molar-refractivity contribution in [2.45, 2.75) is 57.9 Å². The quantitative estimate of drug-likeness (QED) is 0.106. The molecule has 4 aromatic rings. The average Bonchev–Trinajstić information content (AvgIpc) is 3.01. The first-order chi connectivity index (χ1) is 20.5. The Balaban J connectivity index is 1.46. The topological polar surface area (TPSA) is 87.1 Å². The van der Waals surface area contributed by atoms with Gasteiger partial charge in [0.25, 0.3) is 0 Å². The van der Waals surface area contributed by atoms with Crippen LogP contribution in [0, 0.1) is 0 Å². The molecular formula is C36H39NO5. The van der Waals surface area contributed by atoms with Gasteiger partial charge >= 0.3 is 11.9 Å². The van der Waals surface area contributed by atoms with Gasteiger partial charge < -0.3 is 14.9 Å². The number of hydrogen-bond acceptors (Lipinski definition) is 4. The predicted molar refractivity (Wildman–Crippen MR) is 164 cm³/mol. The van der Waals surface area contributed by atoms with Gasteiger partial charge in [0, 0.05) is 25.9 Å². The van der Waals surface area contributed by atoms with Gasteiger partial charge in [0.15, 0.2) is 0 Å². The Morgan fingerprint density at radius 3 is 1.79 bits per heavy atom. The van der Waals surface area contributed by atoms with Gasteiger partial charge in [0.05, 0.1) is 12.2 Å². The fourth-order valence-electron chi connectivity index (χ4n) is 4.94. The number of carbonyl (C=O) groups is 2. The molecule has 0 amide bonds. The SMILES string of the molecule is O=C(O)CCCCN(Cc1ccc(C(=O)O)cc1)C(Cc1ccccc1)OCc1ccc(CCc2ccccc2)cc1. The van der Waals surface area contributed by atoms with Crippen LogP contribution in [-0.2, 0) is 41.9 Å². The zero-order valence-electron chi connectivity index (χ0n) is 23.9. The Bertz CT molecular complexity index is 1370. The van der Waals surface area contributed by atoms with E-state index in [1.165, 1.54) is 11.1 Å². The predicted octanol–water partition coefficient (Wildman–Crippen LogP) is 7.01. The summed E-state index contributed by atoms with van der Waals surface area (Å²) < 4.78 is 6.59. The Kier molecular flexibility index (Phi) is 11.9. The maximum absolute atomic E-state index is 11.3. The lowest BCUT2D eigenvalue weighted by Crippen LogP contribution is -2.39. The van der Waals surface area contributed by atoms with Crippen LogP contribution in [0.3, 0.4) is 0 Å². The van der Waals surface area contributed by atoms with Gasteiger partial charge in [-0.05, 0) is 65.6 Å². The lowest BCUT2D eigenvalue weighted by Gasteiger charge is -2.32. The number of aryl methyl sites for hydroxylation is 2. The van der Waals surface area contributed by atoms with E-state index in [0.29, 0.717) is 39.0 Å². The van der Waals surface area contributed by atoms with Gasteiger partial charge in [-0.1, -0.05) is 97.1 Å². The number of aromatic carboxylic acids is 1. The fraction of sp³-hybridized carbons (Fsp3) is 0.278. The molecule has 0 spiro atoms. The maximum atomic E-state index is 11.3. The molecule has 0 saturated carbocycles. The number of carboxylic acids is 2. The monoisotopic (exact) mass is 565 g/mol. The van der Waals surface area contributed by atoms with E-state index in [1.54, 1.807) is 12.1 Å². The highest BCUT2D eigenvalue weighted by atomic mass is 16.5. The van der Waals surface area contributed by atoms with E-state index in [2.05, 4.69) is 65.6 Å². The number of rotatable bonds is 17. The fourth-order valence-corrected chi connectivity index (χ4v) is 4.94. The van der Waals surface area contributed by atoms with Crippen LogP contribution in [0.5, 0.6) is 0 Å². The average molecular weight is 566 g/mol. The highest BCUT2D eigenvalue weighted by molar-refractivity contribution is 5.87. The van der Waals surface area contributed by atoms with Gasteiger partial charge in [-0.2, -0.15) is 0 Å². The highest BCUT2D eigenvalue weighted by Crippen LogP contribution is 2.19. The van der Waals surface area contributed by atoms with Crippen molar-refractivity contribution >= 4 is 11.9 Å². The summed E-state index contributed by atoms with van der Waals surface area (Å²) >= 11 is 0. The molecule has 42 heavy (non-hydrogen) atoms. The number of nitrogens with zero attached hydrogens (tertiary/aromatic N) is 1. The Morgan fingerprint density at radius 2 is 1.19 bits per heavy atom. The number of unbranched alkanes of at least 4 members (excludes halogenated alkanes) is 1. The number of ether oxygens (including phenoxy) is 1. The van der Waals surface area contributed by atoms with Gasteiger partial charge in [0.1, 0.15) is 6.23 Å². The van der Waals surface area contributed by atoms with Crippen LogP contribution in [0.1, 0.15) is 57.4 Å². The normalized spacial score (nSPS) is 11.8. The molecule has 218 valence electrons. The maximum Gasteiger partial charge on any atom is 0.335 e. The van der Waals surface area contributed by atoms with Gasteiger partial charge in [-0.25, -0.2) is 4.79 Å². The first-order valence-electron chi connectivity index (χ1n) is 14.5. The molecule has 0 saturated heterocycles. The van der Waals surface area contributed by atoms with Crippen molar-refractivity contribution in [1.29, 1.82) is 0 Å². The standard InChI is InChI=1S/C36H39NO5/c38-35(39)13-7-8-24-37(26-31-20-22-33(23-21-31)36(40)41)34(25-30-11-5-2-6-12-30)42-27-32-18-16-29(17-19-32)15-14-28-9-3-1-4-10-28/h1-6,9-12,16-23,34H,7-8,13-15,24-27H2,(H,38,39)(H,40,41). The van der Waals surface area contributed by atoms with E-state index >= 15 is 0 Å². The molecular weight excluding hydrogens is 526 g/mol. The molecule has 0 aliphatic heterocycles. The molecule has 2 N–H and O–H groups in total. The minimum Gasteiger partial charge on any atom is -0.481 e. The molecule has 1 unspecified atom stereocenters.